The molecule has 0 unspecified atom stereocenters. The lowest BCUT2D eigenvalue weighted by Crippen LogP contribution is -1.86. The van der Waals surface area contributed by atoms with Gasteiger partial charge in [-0.25, -0.2) is 4.98 Å². The molecule has 0 aliphatic heterocycles. The Balaban J connectivity index is 2.54. The SMILES string of the molecule is Cc1nc(-c2cccc(N)c2)c(C)[nH]1. The monoisotopic (exact) mass is 187 g/mol. The molecular weight excluding hydrogens is 174 g/mol. The summed E-state index contributed by atoms with van der Waals surface area (Å²) in [4.78, 5) is 7.58. The largest absolute Gasteiger partial charge is 0.399 e. The van der Waals surface area contributed by atoms with E-state index in [9.17, 15) is 0 Å². The fraction of sp³-hybridized carbons (Fsp3) is 0.182. The zero-order valence-corrected chi connectivity index (χ0v) is 8.33. The van der Waals surface area contributed by atoms with Gasteiger partial charge in [-0.1, -0.05) is 12.1 Å². The van der Waals surface area contributed by atoms with Gasteiger partial charge in [0, 0.05) is 16.9 Å². The van der Waals surface area contributed by atoms with Crippen LogP contribution in [-0.4, -0.2) is 9.97 Å². The van der Waals surface area contributed by atoms with Gasteiger partial charge in [-0.2, -0.15) is 0 Å². The number of H-pyrrole nitrogens is 1. The normalized spacial score (nSPS) is 10.4. The van der Waals surface area contributed by atoms with Crippen LogP contribution in [0.25, 0.3) is 11.3 Å². The second kappa shape index (κ2) is 3.18. The first-order valence-corrected chi connectivity index (χ1v) is 4.56. The van der Waals surface area contributed by atoms with Crippen molar-refractivity contribution in [3.63, 3.8) is 0 Å². The van der Waals surface area contributed by atoms with E-state index < -0.39 is 0 Å². The van der Waals surface area contributed by atoms with Gasteiger partial charge in [0.1, 0.15) is 5.82 Å². The fourth-order valence-corrected chi connectivity index (χ4v) is 1.58. The molecule has 3 heteroatoms. The van der Waals surface area contributed by atoms with Crippen molar-refractivity contribution in [3.8, 4) is 11.3 Å². The van der Waals surface area contributed by atoms with Crippen LogP contribution in [0.5, 0.6) is 0 Å². The van der Waals surface area contributed by atoms with Gasteiger partial charge in [0.05, 0.1) is 5.69 Å². The zero-order valence-electron chi connectivity index (χ0n) is 8.33. The topological polar surface area (TPSA) is 54.7 Å². The highest BCUT2D eigenvalue weighted by molar-refractivity contribution is 5.65. The number of aromatic nitrogens is 2. The summed E-state index contributed by atoms with van der Waals surface area (Å²) in [5.74, 6) is 0.930. The van der Waals surface area contributed by atoms with Crippen molar-refractivity contribution in [2.24, 2.45) is 0 Å². The number of nitrogens with zero attached hydrogens (tertiary/aromatic N) is 1. The Morgan fingerprint density at radius 3 is 2.64 bits per heavy atom. The molecule has 0 amide bonds. The Labute approximate surface area is 83.0 Å². The standard InChI is InChI=1S/C11H13N3/c1-7-11(14-8(2)13-7)9-4-3-5-10(12)6-9/h3-6H,12H2,1-2H3,(H,13,14). The number of nitrogen functional groups attached to an aromatic ring is 1. The van der Waals surface area contributed by atoms with Crippen molar-refractivity contribution < 1.29 is 0 Å². The summed E-state index contributed by atoms with van der Waals surface area (Å²) in [6, 6.07) is 7.76. The fourth-order valence-electron chi connectivity index (χ4n) is 1.58. The predicted molar refractivity (Wildman–Crippen MR) is 57.9 cm³/mol. The van der Waals surface area contributed by atoms with Crippen LogP contribution >= 0.6 is 0 Å². The van der Waals surface area contributed by atoms with E-state index in [1.807, 2.05) is 38.1 Å². The molecule has 0 atom stereocenters. The Bertz CT molecular complexity index is 457. The molecule has 14 heavy (non-hydrogen) atoms. The third kappa shape index (κ3) is 1.48. The van der Waals surface area contributed by atoms with Crippen LogP contribution in [0.3, 0.4) is 0 Å². The minimum Gasteiger partial charge on any atom is -0.399 e. The van der Waals surface area contributed by atoms with Crippen molar-refractivity contribution in [1.29, 1.82) is 0 Å². The average Bonchev–Trinajstić information content (AvgIpc) is 2.45. The van der Waals surface area contributed by atoms with Crippen LogP contribution in [0, 0.1) is 13.8 Å². The molecule has 0 saturated heterocycles. The average molecular weight is 187 g/mol. The number of hydrogen-bond donors (Lipinski definition) is 2. The molecule has 0 aliphatic carbocycles. The molecule has 0 radical (unpaired) electrons. The number of nitrogens with one attached hydrogen (secondary N) is 1. The van der Waals surface area contributed by atoms with Gasteiger partial charge in [0.2, 0.25) is 0 Å². The third-order valence-electron chi connectivity index (χ3n) is 2.16. The molecule has 2 rings (SSSR count). The van der Waals surface area contributed by atoms with E-state index in [0.717, 1.165) is 28.5 Å². The Morgan fingerprint density at radius 2 is 2.07 bits per heavy atom. The number of hydrogen-bond acceptors (Lipinski definition) is 2. The highest BCUT2D eigenvalue weighted by atomic mass is 14.9. The maximum absolute atomic E-state index is 5.71. The van der Waals surface area contributed by atoms with Gasteiger partial charge in [0.15, 0.2) is 0 Å². The van der Waals surface area contributed by atoms with Gasteiger partial charge in [-0.3, -0.25) is 0 Å². The molecule has 0 aliphatic rings. The summed E-state index contributed by atoms with van der Waals surface area (Å²) in [5.41, 5.74) is 9.60. The summed E-state index contributed by atoms with van der Waals surface area (Å²) < 4.78 is 0. The molecule has 3 nitrogen and oxygen atoms in total. The van der Waals surface area contributed by atoms with E-state index in [4.69, 9.17) is 5.73 Å². The van der Waals surface area contributed by atoms with Gasteiger partial charge in [-0.15, -0.1) is 0 Å². The third-order valence-corrected chi connectivity index (χ3v) is 2.16. The van der Waals surface area contributed by atoms with E-state index in [1.165, 1.54) is 0 Å². The van der Waals surface area contributed by atoms with Crippen LogP contribution in [0.15, 0.2) is 24.3 Å². The zero-order chi connectivity index (χ0) is 10.1. The Kier molecular flexibility index (Phi) is 2.00. The molecule has 0 saturated carbocycles. The first-order valence-electron chi connectivity index (χ1n) is 4.56. The van der Waals surface area contributed by atoms with E-state index in [2.05, 4.69) is 9.97 Å². The summed E-state index contributed by atoms with van der Waals surface area (Å²) in [5, 5.41) is 0. The number of imidazole rings is 1. The molecule has 3 N–H and O–H groups in total. The van der Waals surface area contributed by atoms with Crippen LogP contribution in [-0.2, 0) is 0 Å². The van der Waals surface area contributed by atoms with Gasteiger partial charge in [0.25, 0.3) is 0 Å². The number of rotatable bonds is 1. The minimum absolute atomic E-state index is 0.766. The minimum atomic E-state index is 0.766. The van der Waals surface area contributed by atoms with Gasteiger partial charge >= 0.3 is 0 Å². The summed E-state index contributed by atoms with van der Waals surface area (Å²) in [6.45, 7) is 3.96. The summed E-state index contributed by atoms with van der Waals surface area (Å²) in [7, 11) is 0. The van der Waals surface area contributed by atoms with Crippen molar-refractivity contribution in [2.45, 2.75) is 13.8 Å². The Hall–Kier alpha value is -1.77. The second-order valence-corrected chi connectivity index (χ2v) is 3.42. The molecule has 72 valence electrons. The van der Waals surface area contributed by atoms with E-state index in [1.54, 1.807) is 0 Å². The van der Waals surface area contributed by atoms with Crippen molar-refractivity contribution in [3.05, 3.63) is 35.8 Å². The number of benzene rings is 1. The van der Waals surface area contributed by atoms with Crippen molar-refractivity contribution >= 4 is 5.69 Å². The molecule has 0 fully saturated rings. The van der Waals surface area contributed by atoms with Gasteiger partial charge in [-0.05, 0) is 26.0 Å². The Morgan fingerprint density at radius 1 is 1.29 bits per heavy atom. The number of anilines is 1. The lowest BCUT2D eigenvalue weighted by molar-refractivity contribution is 1.13. The van der Waals surface area contributed by atoms with Crippen LogP contribution in [0.1, 0.15) is 11.5 Å². The van der Waals surface area contributed by atoms with Crippen LogP contribution in [0.4, 0.5) is 5.69 Å². The van der Waals surface area contributed by atoms with Crippen molar-refractivity contribution in [2.75, 3.05) is 5.73 Å². The predicted octanol–water partition coefficient (Wildman–Crippen LogP) is 2.28. The van der Waals surface area contributed by atoms with E-state index in [-0.39, 0.29) is 0 Å². The van der Waals surface area contributed by atoms with Crippen LogP contribution in [0.2, 0.25) is 0 Å². The second-order valence-electron chi connectivity index (χ2n) is 3.42. The highest BCUT2D eigenvalue weighted by Crippen LogP contribution is 2.22. The lowest BCUT2D eigenvalue weighted by Gasteiger charge is -1.99. The maximum atomic E-state index is 5.71. The molecular formula is C11H13N3. The molecule has 0 spiro atoms. The summed E-state index contributed by atoms with van der Waals surface area (Å²) in [6.07, 6.45) is 0. The highest BCUT2D eigenvalue weighted by Gasteiger charge is 2.06. The molecule has 1 aromatic heterocycles. The summed E-state index contributed by atoms with van der Waals surface area (Å²) >= 11 is 0. The van der Waals surface area contributed by atoms with Gasteiger partial charge < -0.3 is 10.7 Å². The quantitative estimate of drug-likeness (QED) is 0.673. The smallest absolute Gasteiger partial charge is 0.103 e. The van der Waals surface area contributed by atoms with Crippen molar-refractivity contribution in [1.82, 2.24) is 9.97 Å². The molecule has 0 bridgehead atoms. The maximum Gasteiger partial charge on any atom is 0.103 e. The molecule has 2 aromatic rings. The molecule has 1 aromatic carbocycles. The first kappa shape index (κ1) is 8.81. The first-order chi connectivity index (χ1) is 6.66. The van der Waals surface area contributed by atoms with E-state index in [0.29, 0.717) is 0 Å². The van der Waals surface area contributed by atoms with E-state index >= 15 is 0 Å². The van der Waals surface area contributed by atoms with Crippen LogP contribution < -0.4 is 5.73 Å². The number of aromatic amines is 1. The lowest BCUT2D eigenvalue weighted by atomic mass is 10.1. The molecule has 1 heterocycles. The number of aryl methyl sites for hydroxylation is 2. The number of nitrogens with two attached hydrogens (primary N) is 1.